The molecule has 7 nitrogen and oxygen atoms in total. The van der Waals surface area contributed by atoms with Crippen LogP contribution in [0.15, 0.2) is 48.9 Å². The Morgan fingerprint density at radius 1 is 1.00 bits per heavy atom. The third kappa shape index (κ3) is 4.47. The topological polar surface area (TPSA) is 77.3 Å². The Morgan fingerprint density at radius 3 is 2.44 bits per heavy atom. The summed E-state index contributed by atoms with van der Waals surface area (Å²) in [7, 11) is 0. The first kappa shape index (κ1) is 22.3. The van der Waals surface area contributed by atoms with Gasteiger partial charge in [0, 0.05) is 54.8 Å². The van der Waals surface area contributed by atoms with Crippen LogP contribution >= 0.6 is 0 Å². The molecule has 1 aromatic carbocycles. The lowest BCUT2D eigenvalue weighted by molar-refractivity contribution is 0.0184. The first-order chi connectivity index (χ1) is 16.3. The molecule has 1 amide bonds. The summed E-state index contributed by atoms with van der Waals surface area (Å²) in [6.45, 7) is 6.94. The van der Waals surface area contributed by atoms with E-state index in [4.69, 9.17) is 9.84 Å². The molecule has 0 N–H and O–H groups in total. The van der Waals surface area contributed by atoms with E-state index in [0.29, 0.717) is 19.5 Å². The molecule has 0 radical (unpaired) electrons. The largest absolute Gasteiger partial charge is 0.444 e. The second-order valence-electron chi connectivity index (χ2n) is 10.1. The van der Waals surface area contributed by atoms with E-state index in [1.165, 1.54) is 0 Å². The molecule has 1 fully saturated rings. The van der Waals surface area contributed by atoms with Gasteiger partial charge in [-0.2, -0.15) is 5.10 Å². The number of fused-ring (bicyclic) bond motifs is 1. The van der Waals surface area contributed by atoms with Gasteiger partial charge in [0.2, 0.25) is 0 Å². The zero-order chi connectivity index (χ0) is 23.9. The van der Waals surface area contributed by atoms with Gasteiger partial charge < -0.3 is 9.64 Å². The monoisotopic (exact) mass is 458 g/mol. The van der Waals surface area contributed by atoms with Crippen molar-refractivity contribution >= 4 is 11.9 Å². The highest BCUT2D eigenvalue weighted by atomic mass is 16.6. The maximum Gasteiger partial charge on any atom is 0.410 e. The second-order valence-corrected chi connectivity index (χ2v) is 10.1. The Kier molecular flexibility index (Phi) is 5.71. The van der Waals surface area contributed by atoms with Gasteiger partial charge in [0.25, 0.3) is 0 Å². The van der Waals surface area contributed by atoms with E-state index in [-0.39, 0.29) is 17.9 Å². The molecule has 0 spiro atoms. The first-order valence-corrected chi connectivity index (χ1v) is 11.9. The Hall–Kier alpha value is -3.48. The summed E-state index contributed by atoms with van der Waals surface area (Å²) < 4.78 is 7.59. The van der Waals surface area contributed by atoms with Gasteiger partial charge in [-0.25, -0.2) is 4.79 Å². The van der Waals surface area contributed by atoms with E-state index >= 15 is 0 Å². The number of hydrogen-bond acceptors (Lipinski definition) is 5. The fourth-order valence-corrected chi connectivity index (χ4v) is 4.78. The number of ketones is 1. The summed E-state index contributed by atoms with van der Waals surface area (Å²) in [6, 6.07) is 10.3. The molecule has 1 saturated heterocycles. The van der Waals surface area contributed by atoms with E-state index in [1.54, 1.807) is 17.3 Å². The van der Waals surface area contributed by atoms with Crippen molar-refractivity contribution in [2.75, 3.05) is 13.1 Å². The molecule has 0 unspecified atom stereocenters. The summed E-state index contributed by atoms with van der Waals surface area (Å²) >= 11 is 0. The molecule has 176 valence electrons. The van der Waals surface area contributed by atoms with E-state index in [0.717, 1.165) is 52.8 Å². The predicted molar refractivity (Wildman–Crippen MR) is 130 cm³/mol. The van der Waals surface area contributed by atoms with Crippen LogP contribution in [0.4, 0.5) is 4.79 Å². The van der Waals surface area contributed by atoms with Crippen LogP contribution in [-0.2, 0) is 11.2 Å². The number of benzene rings is 1. The Morgan fingerprint density at radius 2 is 1.74 bits per heavy atom. The highest BCUT2D eigenvalue weighted by Crippen LogP contribution is 2.36. The fourth-order valence-electron chi connectivity index (χ4n) is 4.78. The van der Waals surface area contributed by atoms with Gasteiger partial charge in [-0.15, -0.1) is 0 Å². The van der Waals surface area contributed by atoms with Crippen molar-refractivity contribution in [3.05, 3.63) is 60.0 Å². The zero-order valence-electron chi connectivity index (χ0n) is 20.0. The molecule has 1 aliphatic heterocycles. The number of Topliss-reactive ketones (excluding diaryl/α,β-unsaturated/α-hetero) is 1. The highest BCUT2D eigenvalue weighted by Gasteiger charge is 2.29. The molecule has 1 aliphatic carbocycles. The number of aromatic nitrogens is 3. The van der Waals surface area contributed by atoms with E-state index in [1.807, 2.05) is 45.0 Å². The van der Waals surface area contributed by atoms with Crippen LogP contribution in [0.25, 0.3) is 22.4 Å². The van der Waals surface area contributed by atoms with Crippen molar-refractivity contribution in [3.8, 4) is 22.4 Å². The van der Waals surface area contributed by atoms with Gasteiger partial charge in [-0.3, -0.25) is 14.5 Å². The van der Waals surface area contributed by atoms with Crippen LogP contribution in [0, 0.1) is 0 Å². The summed E-state index contributed by atoms with van der Waals surface area (Å²) in [6.07, 6.45) is 8.43. The van der Waals surface area contributed by atoms with Crippen LogP contribution in [-0.4, -0.2) is 50.2 Å². The van der Waals surface area contributed by atoms with Crippen molar-refractivity contribution < 1.29 is 14.3 Å². The smallest absolute Gasteiger partial charge is 0.410 e. The molecule has 0 saturated carbocycles. The quantitative estimate of drug-likeness (QED) is 0.531. The molecule has 7 heteroatoms. The van der Waals surface area contributed by atoms with Gasteiger partial charge in [-0.1, -0.05) is 18.2 Å². The fraction of sp³-hybridized carbons (Fsp3) is 0.407. The SMILES string of the molecule is CC(C)(C)OC(=O)N1CCC(n2cc(-c3ccc4c(c3)CCC4=O)c(-c3ccncc3)n2)CC1. The average Bonchev–Trinajstić information content (AvgIpc) is 3.43. The lowest BCUT2D eigenvalue weighted by atomic mass is 9.98. The number of ether oxygens (including phenoxy) is 1. The molecule has 5 rings (SSSR count). The van der Waals surface area contributed by atoms with Gasteiger partial charge in [0.1, 0.15) is 11.3 Å². The van der Waals surface area contributed by atoms with E-state index in [9.17, 15) is 9.59 Å². The minimum absolute atomic E-state index is 0.198. The second kappa shape index (κ2) is 8.70. The molecule has 3 heterocycles. The Balaban J connectivity index is 1.42. The molecule has 2 aromatic heterocycles. The van der Waals surface area contributed by atoms with Crippen LogP contribution < -0.4 is 0 Å². The third-order valence-electron chi connectivity index (χ3n) is 6.51. The zero-order valence-corrected chi connectivity index (χ0v) is 20.0. The number of nitrogens with zero attached hydrogens (tertiary/aromatic N) is 4. The first-order valence-electron chi connectivity index (χ1n) is 11.9. The molecular formula is C27H30N4O3. The number of piperidine rings is 1. The summed E-state index contributed by atoms with van der Waals surface area (Å²) in [5.74, 6) is 0.225. The lowest BCUT2D eigenvalue weighted by Crippen LogP contribution is -2.42. The minimum atomic E-state index is -0.495. The van der Waals surface area contributed by atoms with Crippen LogP contribution in [0.1, 0.15) is 62.0 Å². The number of rotatable bonds is 3. The lowest BCUT2D eigenvalue weighted by Gasteiger charge is -2.33. The maximum absolute atomic E-state index is 12.5. The van der Waals surface area contributed by atoms with Crippen LogP contribution in [0.3, 0.4) is 0 Å². The molecule has 34 heavy (non-hydrogen) atoms. The number of pyridine rings is 1. The summed E-state index contributed by atoms with van der Waals surface area (Å²) in [4.78, 5) is 30.5. The summed E-state index contributed by atoms with van der Waals surface area (Å²) in [5.41, 5.74) is 5.48. The molecule has 0 bridgehead atoms. The number of amides is 1. The Labute approximate surface area is 199 Å². The molecule has 3 aromatic rings. The number of carbonyl (C=O) groups excluding carboxylic acids is 2. The minimum Gasteiger partial charge on any atom is -0.444 e. The highest BCUT2D eigenvalue weighted by molar-refractivity contribution is 6.01. The molecular weight excluding hydrogens is 428 g/mol. The third-order valence-corrected chi connectivity index (χ3v) is 6.51. The normalized spacial score (nSPS) is 16.6. The van der Waals surface area contributed by atoms with Crippen molar-refractivity contribution in [2.45, 2.75) is 58.1 Å². The molecule has 0 atom stereocenters. The number of aryl methyl sites for hydroxylation is 1. The summed E-state index contributed by atoms with van der Waals surface area (Å²) in [5, 5.41) is 5.01. The Bertz CT molecular complexity index is 1220. The van der Waals surface area contributed by atoms with Crippen LogP contribution in [0.5, 0.6) is 0 Å². The number of hydrogen-bond donors (Lipinski definition) is 0. The van der Waals surface area contributed by atoms with Crippen LogP contribution in [0.2, 0.25) is 0 Å². The maximum atomic E-state index is 12.5. The van der Waals surface area contributed by atoms with E-state index in [2.05, 4.69) is 21.9 Å². The number of likely N-dealkylation sites (tertiary alicyclic amines) is 1. The van der Waals surface area contributed by atoms with Gasteiger partial charge in [-0.05, 0) is 63.3 Å². The predicted octanol–water partition coefficient (Wildman–Crippen LogP) is 5.31. The van der Waals surface area contributed by atoms with Gasteiger partial charge in [0.05, 0.1) is 6.04 Å². The van der Waals surface area contributed by atoms with Crippen molar-refractivity contribution in [1.82, 2.24) is 19.7 Å². The van der Waals surface area contributed by atoms with Gasteiger partial charge >= 0.3 is 6.09 Å². The number of carbonyl (C=O) groups is 2. The van der Waals surface area contributed by atoms with Crippen molar-refractivity contribution in [3.63, 3.8) is 0 Å². The standard InChI is InChI=1S/C27H30N4O3/c1-27(2,3)34-26(33)30-14-10-21(11-15-30)31-17-23(25(29-31)18-8-12-28-13-9-18)20-4-6-22-19(16-20)5-7-24(22)32/h4,6,8-9,12-13,16-17,21H,5,7,10-11,14-15H2,1-3H3. The van der Waals surface area contributed by atoms with Crippen molar-refractivity contribution in [1.29, 1.82) is 0 Å². The van der Waals surface area contributed by atoms with Gasteiger partial charge in [0.15, 0.2) is 5.78 Å². The molecule has 2 aliphatic rings. The van der Waals surface area contributed by atoms with Crippen molar-refractivity contribution in [2.24, 2.45) is 0 Å². The average molecular weight is 459 g/mol. The van der Waals surface area contributed by atoms with E-state index < -0.39 is 5.60 Å².